The zero-order valence-electron chi connectivity index (χ0n) is 20.0. The fourth-order valence-electron chi connectivity index (χ4n) is 3.83. The van der Waals surface area contributed by atoms with Crippen LogP contribution in [0.25, 0.3) is 10.2 Å². The lowest BCUT2D eigenvalue weighted by Gasteiger charge is -2.33. The smallest absolute Gasteiger partial charge is 0.407 e. The number of carbonyl (C=O) groups excluding carboxylic acids is 2. The highest BCUT2D eigenvalue weighted by atomic mass is 32.1. The number of nitrogens with zero attached hydrogens (tertiary/aromatic N) is 3. The summed E-state index contributed by atoms with van der Waals surface area (Å²) in [5, 5.41) is 3.42. The van der Waals surface area contributed by atoms with Crippen LogP contribution in [0.5, 0.6) is 5.88 Å². The Labute approximate surface area is 207 Å². The number of amides is 2. The Morgan fingerprint density at radius 3 is 2.49 bits per heavy atom. The number of benzene rings is 1. The van der Waals surface area contributed by atoms with Crippen molar-refractivity contribution >= 4 is 45.2 Å². The molecule has 1 aromatic carbocycles. The van der Waals surface area contributed by atoms with Gasteiger partial charge in [-0.1, -0.05) is 30.3 Å². The van der Waals surface area contributed by atoms with E-state index in [1.807, 2.05) is 56.0 Å². The number of nitrogen functional groups attached to an aromatic ring is 1. The molecule has 4 rings (SSSR count). The Kier molecular flexibility index (Phi) is 6.97. The molecule has 0 bridgehead atoms. The van der Waals surface area contributed by atoms with E-state index in [1.54, 1.807) is 0 Å². The lowest BCUT2D eigenvalue weighted by Crippen LogP contribution is -2.46. The Bertz CT molecular complexity index is 1220. The highest BCUT2D eigenvalue weighted by molar-refractivity contribution is 7.21. The summed E-state index contributed by atoms with van der Waals surface area (Å²) in [7, 11) is 0. The molecule has 0 unspecified atom stereocenters. The third-order valence-electron chi connectivity index (χ3n) is 5.48. The maximum atomic E-state index is 12.1. The number of aromatic nitrogens is 2. The van der Waals surface area contributed by atoms with Crippen LogP contribution < -0.4 is 26.4 Å². The van der Waals surface area contributed by atoms with Gasteiger partial charge in [0.15, 0.2) is 0 Å². The van der Waals surface area contributed by atoms with E-state index < -0.39 is 17.6 Å². The Morgan fingerprint density at radius 1 is 1.17 bits per heavy atom. The van der Waals surface area contributed by atoms with Gasteiger partial charge in [0.25, 0.3) is 5.91 Å². The number of carbonyl (C=O) groups is 2. The van der Waals surface area contributed by atoms with Crippen molar-refractivity contribution in [3.05, 3.63) is 40.8 Å². The van der Waals surface area contributed by atoms with E-state index in [4.69, 9.17) is 20.9 Å². The molecule has 11 heteroatoms. The van der Waals surface area contributed by atoms with Crippen molar-refractivity contribution in [1.29, 1.82) is 0 Å². The third-order valence-corrected chi connectivity index (χ3v) is 6.60. The first kappa shape index (κ1) is 24.5. The number of hydrogen-bond acceptors (Lipinski definition) is 9. The normalized spacial score (nSPS) is 14.7. The van der Waals surface area contributed by atoms with Crippen molar-refractivity contribution in [1.82, 2.24) is 15.3 Å². The molecule has 5 N–H and O–H groups in total. The molecule has 0 atom stereocenters. The van der Waals surface area contributed by atoms with Gasteiger partial charge in [-0.3, -0.25) is 4.79 Å². The number of fused-ring (bicyclic) bond motifs is 1. The van der Waals surface area contributed by atoms with Crippen LogP contribution in [0.15, 0.2) is 30.3 Å². The molecule has 3 aromatic rings. The van der Waals surface area contributed by atoms with Crippen molar-refractivity contribution in [2.45, 2.75) is 51.9 Å². The standard InChI is InChI=1S/C24H30N6O4S/c1-24(2,3)34-23(32)27-15-9-11-30(12-10-15)22-28-20(33-13-14-7-5-4-6-8-14)16-17(25)18(19(26)31)35-21(16)29-22/h4-8,15H,9-13,25H2,1-3H3,(H2,26,31)(H,27,32). The molecular formula is C24H30N6O4S. The van der Waals surface area contributed by atoms with Crippen molar-refractivity contribution < 1.29 is 19.1 Å². The van der Waals surface area contributed by atoms with Gasteiger partial charge >= 0.3 is 6.09 Å². The first-order chi connectivity index (χ1) is 16.6. The van der Waals surface area contributed by atoms with E-state index in [2.05, 4.69) is 15.3 Å². The lowest BCUT2D eigenvalue weighted by atomic mass is 10.1. The molecule has 0 saturated carbocycles. The van der Waals surface area contributed by atoms with Crippen LogP contribution in [0.4, 0.5) is 16.4 Å². The van der Waals surface area contributed by atoms with Crippen molar-refractivity contribution in [2.24, 2.45) is 5.73 Å². The molecule has 2 aromatic heterocycles. The third kappa shape index (κ3) is 5.91. The minimum Gasteiger partial charge on any atom is -0.472 e. The van der Waals surface area contributed by atoms with E-state index in [1.165, 1.54) is 0 Å². The van der Waals surface area contributed by atoms with E-state index in [-0.39, 0.29) is 23.2 Å². The zero-order chi connectivity index (χ0) is 25.2. The van der Waals surface area contributed by atoms with E-state index >= 15 is 0 Å². The summed E-state index contributed by atoms with van der Waals surface area (Å²) >= 11 is 1.13. The van der Waals surface area contributed by atoms with E-state index in [0.29, 0.717) is 48.0 Å². The summed E-state index contributed by atoms with van der Waals surface area (Å²) < 4.78 is 11.4. The fraction of sp³-hybridized carbons (Fsp3) is 0.417. The zero-order valence-corrected chi connectivity index (χ0v) is 20.9. The fourth-order valence-corrected chi connectivity index (χ4v) is 4.76. The van der Waals surface area contributed by atoms with Crippen molar-refractivity contribution in [3.63, 3.8) is 0 Å². The second-order valence-electron chi connectivity index (χ2n) is 9.40. The number of nitrogens with two attached hydrogens (primary N) is 2. The van der Waals surface area contributed by atoms with Gasteiger partial charge in [0.2, 0.25) is 11.8 Å². The topological polar surface area (TPSA) is 146 Å². The highest BCUT2D eigenvalue weighted by Crippen LogP contribution is 2.39. The summed E-state index contributed by atoms with van der Waals surface area (Å²) in [6, 6.07) is 9.69. The number of nitrogens with one attached hydrogen (secondary N) is 1. The van der Waals surface area contributed by atoms with Crippen molar-refractivity contribution in [2.75, 3.05) is 23.7 Å². The predicted octanol–water partition coefficient (Wildman–Crippen LogP) is 3.44. The molecule has 1 saturated heterocycles. The first-order valence-corrected chi connectivity index (χ1v) is 12.2. The van der Waals surface area contributed by atoms with Crippen LogP contribution in [0, 0.1) is 0 Å². The molecule has 1 aliphatic rings. The Balaban J connectivity index is 1.54. The SMILES string of the molecule is CC(C)(C)OC(=O)NC1CCN(c2nc(OCc3ccccc3)c3c(N)c(C(N)=O)sc3n2)CC1. The van der Waals surface area contributed by atoms with Crippen LogP contribution in [0.1, 0.15) is 48.8 Å². The average molecular weight is 499 g/mol. The summed E-state index contributed by atoms with van der Waals surface area (Å²) in [6.45, 7) is 7.06. The summed E-state index contributed by atoms with van der Waals surface area (Å²) in [4.78, 5) is 36.1. The monoisotopic (exact) mass is 498 g/mol. The molecule has 10 nitrogen and oxygen atoms in total. The average Bonchev–Trinajstić information content (AvgIpc) is 3.14. The van der Waals surface area contributed by atoms with Gasteiger partial charge in [0.05, 0.1) is 11.1 Å². The Morgan fingerprint density at radius 2 is 1.86 bits per heavy atom. The van der Waals surface area contributed by atoms with Crippen LogP contribution in [0.2, 0.25) is 0 Å². The molecule has 0 aliphatic carbocycles. The maximum Gasteiger partial charge on any atom is 0.407 e. The quantitative estimate of drug-likeness (QED) is 0.468. The molecule has 3 heterocycles. The number of rotatable bonds is 6. The van der Waals surface area contributed by atoms with Crippen LogP contribution in [-0.4, -0.2) is 46.7 Å². The molecule has 186 valence electrons. The van der Waals surface area contributed by atoms with Gasteiger partial charge in [-0.25, -0.2) is 9.78 Å². The molecule has 1 aliphatic heterocycles. The van der Waals surface area contributed by atoms with E-state index in [0.717, 1.165) is 16.9 Å². The maximum absolute atomic E-state index is 12.1. The van der Waals surface area contributed by atoms with Crippen LogP contribution in [0.3, 0.4) is 0 Å². The number of hydrogen-bond donors (Lipinski definition) is 3. The van der Waals surface area contributed by atoms with Gasteiger partial charge in [-0.05, 0) is 39.2 Å². The summed E-state index contributed by atoms with van der Waals surface area (Å²) in [5.41, 5.74) is 12.4. The summed E-state index contributed by atoms with van der Waals surface area (Å²) in [5.74, 6) is 0.174. The van der Waals surface area contributed by atoms with Gasteiger partial charge in [-0.2, -0.15) is 4.98 Å². The minimum atomic E-state index is -0.616. The molecular weight excluding hydrogens is 468 g/mol. The highest BCUT2D eigenvalue weighted by Gasteiger charge is 2.27. The molecule has 1 fully saturated rings. The second kappa shape index (κ2) is 9.95. The number of primary amides is 1. The largest absolute Gasteiger partial charge is 0.472 e. The van der Waals surface area contributed by atoms with Gasteiger partial charge < -0.3 is 31.2 Å². The predicted molar refractivity (Wildman–Crippen MR) is 136 cm³/mol. The second-order valence-corrected chi connectivity index (χ2v) is 10.4. The number of piperidine rings is 1. The first-order valence-electron chi connectivity index (χ1n) is 11.4. The van der Waals surface area contributed by atoms with Gasteiger partial charge in [0, 0.05) is 19.1 Å². The number of anilines is 2. The Hall–Kier alpha value is -3.60. The lowest BCUT2D eigenvalue weighted by molar-refractivity contribution is 0.0497. The molecule has 35 heavy (non-hydrogen) atoms. The number of thiophene rings is 1. The number of alkyl carbamates (subject to hydrolysis) is 1. The van der Waals surface area contributed by atoms with E-state index in [9.17, 15) is 9.59 Å². The van der Waals surface area contributed by atoms with Gasteiger partial charge in [0.1, 0.15) is 21.9 Å². The van der Waals surface area contributed by atoms with Crippen molar-refractivity contribution in [3.8, 4) is 5.88 Å². The number of ether oxygens (including phenoxy) is 2. The summed E-state index contributed by atoms with van der Waals surface area (Å²) in [6.07, 6.45) is 0.998. The minimum absolute atomic E-state index is 0.00233. The molecule has 0 spiro atoms. The molecule has 2 amide bonds. The van der Waals surface area contributed by atoms with Crippen LogP contribution >= 0.6 is 11.3 Å². The van der Waals surface area contributed by atoms with Gasteiger partial charge in [-0.15, -0.1) is 11.3 Å². The van der Waals surface area contributed by atoms with Crippen LogP contribution in [-0.2, 0) is 11.3 Å². The molecule has 0 radical (unpaired) electrons.